The van der Waals surface area contributed by atoms with E-state index in [1.54, 1.807) is 0 Å². The van der Waals surface area contributed by atoms with Crippen molar-refractivity contribution >= 4 is 104 Å². The van der Waals surface area contributed by atoms with E-state index in [0.29, 0.717) is 10.0 Å². The summed E-state index contributed by atoms with van der Waals surface area (Å²) in [6, 6.07) is 8.88. The van der Waals surface area contributed by atoms with E-state index in [2.05, 4.69) is 0 Å². The fraction of sp³-hybridized carbons (Fsp3) is 0.250. The summed E-state index contributed by atoms with van der Waals surface area (Å²) in [5.74, 6) is -7.86. The number of fused-ring (bicyclic) bond motifs is 5. The lowest BCUT2D eigenvalue weighted by Gasteiger charge is -2.36. The molecule has 1 aliphatic heterocycles. The smallest absolute Gasteiger partial charge is 0.282 e. The van der Waals surface area contributed by atoms with E-state index in [-0.39, 0.29) is 11.3 Å². The van der Waals surface area contributed by atoms with Crippen LogP contribution < -0.4 is 0 Å². The zero-order valence-corrected chi connectivity index (χ0v) is 24.8. The Bertz CT molecular complexity index is 1620. The van der Waals surface area contributed by atoms with Gasteiger partial charge < -0.3 is 0 Å². The van der Waals surface area contributed by atoms with Crippen molar-refractivity contribution in [3.8, 4) is 0 Å². The number of Topliss-reactive ketones (excluding diaryl/α,β-unsaturated/α-hetero) is 1. The van der Waals surface area contributed by atoms with Gasteiger partial charge in [-0.3, -0.25) is 39.4 Å². The number of alkyl halides is 4. The van der Waals surface area contributed by atoms with Gasteiger partial charge in [-0.25, -0.2) is 5.01 Å². The molecule has 4 atom stereocenters. The average molecular weight is 697 g/mol. The standard InChI is InChI=1S/C24H12Cl6N4O8/c25-17-18(26)23(28)16-15(22(17,27)24(23,29)30)20(37)32(21(16)38)31(19(36)12-3-1-2-4-13(12)34(41)42)9-14(35)10-5-7-11(8-6-10)33(39)40/h1-8,15-16H,9H2/t15-,16-,22+,23+/m0/s1. The van der Waals surface area contributed by atoms with Gasteiger partial charge in [-0.15, -0.1) is 23.2 Å². The number of nitro benzene ring substituents is 2. The van der Waals surface area contributed by atoms with E-state index in [9.17, 15) is 39.4 Å². The highest BCUT2D eigenvalue weighted by atomic mass is 35.5. The van der Waals surface area contributed by atoms with Crippen molar-refractivity contribution < 1.29 is 29.0 Å². The van der Waals surface area contributed by atoms with Gasteiger partial charge >= 0.3 is 0 Å². The number of benzene rings is 2. The minimum atomic E-state index is -2.27. The number of imide groups is 1. The van der Waals surface area contributed by atoms with Crippen LogP contribution in [-0.2, 0) is 9.59 Å². The number of hydrogen-bond donors (Lipinski definition) is 0. The Hall–Kier alpha value is -3.00. The maximum absolute atomic E-state index is 13.9. The molecule has 2 bridgehead atoms. The fourth-order valence-electron chi connectivity index (χ4n) is 5.40. The summed E-state index contributed by atoms with van der Waals surface area (Å²) in [5.41, 5.74) is -1.74. The molecule has 18 heteroatoms. The molecule has 1 heterocycles. The Morgan fingerprint density at radius 2 is 1.33 bits per heavy atom. The van der Waals surface area contributed by atoms with Crippen LogP contribution >= 0.6 is 69.6 Å². The zero-order valence-electron chi connectivity index (χ0n) is 20.3. The number of hydrazine groups is 1. The Balaban J connectivity index is 1.61. The average Bonchev–Trinajstić information content (AvgIpc) is 3.34. The summed E-state index contributed by atoms with van der Waals surface area (Å²) in [4.78, 5) is 71.6. The van der Waals surface area contributed by atoms with E-state index >= 15 is 0 Å². The highest BCUT2D eigenvalue weighted by Crippen LogP contribution is 2.77. The lowest BCUT2D eigenvalue weighted by atomic mass is 9.84. The molecule has 5 rings (SSSR count). The number of hydrogen-bond acceptors (Lipinski definition) is 8. The molecule has 0 aromatic heterocycles. The molecule has 2 aromatic carbocycles. The molecular formula is C24H12Cl6N4O8. The molecule has 42 heavy (non-hydrogen) atoms. The molecule has 0 spiro atoms. The summed E-state index contributed by atoms with van der Waals surface area (Å²) >= 11 is 39.1. The number of carbonyl (C=O) groups excluding carboxylic acids is 4. The van der Waals surface area contributed by atoms with E-state index in [0.717, 1.165) is 36.4 Å². The number of para-hydroxylation sites is 1. The van der Waals surface area contributed by atoms with Crippen LogP contribution in [0, 0.1) is 32.1 Å². The summed E-state index contributed by atoms with van der Waals surface area (Å²) in [6.45, 7) is -1.02. The Morgan fingerprint density at radius 3 is 1.81 bits per heavy atom. The number of amides is 3. The quantitative estimate of drug-likeness (QED) is 0.126. The number of halogens is 6. The van der Waals surface area contributed by atoms with Gasteiger partial charge in [0, 0.05) is 23.8 Å². The van der Waals surface area contributed by atoms with Crippen molar-refractivity contribution in [3.05, 3.63) is 90.0 Å². The van der Waals surface area contributed by atoms with Crippen molar-refractivity contribution in [1.82, 2.24) is 10.0 Å². The predicted octanol–water partition coefficient (Wildman–Crippen LogP) is 5.19. The minimum Gasteiger partial charge on any atom is -0.292 e. The number of nitrogens with zero attached hydrogens (tertiary/aromatic N) is 4. The SMILES string of the molecule is O=C(CN(C(=O)c1ccccc1[N+](=O)[O-])N1C(=O)[C@@H]2[C@@H](C1=O)[C@@]1(Cl)C(Cl)=C(Cl)[C@@]2(Cl)C1(Cl)Cl)c1ccc([N+](=O)[O-])cc1. The summed E-state index contributed by atoms with van der Waals surface area (Å²) in [5, 5.41) is 22.6. The van der Waals surface area contributed by atoms with E-state index < -0.39 is 87.1 Å². The van der Waals surface area contributed by atoms with Crippen LogP contribution in [-0.4, -0.2) is 64.0 Å². The molecule has 12 nitrogen and oxygen atoms in total. The first kappa shape index (κ1) is 30.5. The summed E-state index contributed by atoms with van der Waals surface area (Å²) in [7, 11) is 0. The highest BCUT2D eigenvalue weighted by molar-refractivity contribution is 6.66. The van der Waals surface area contributed by atoms with Crippen LogP contribution in [0.1, 0.15) is 20.7 Å². The monoisotopic (exact) mass is 694 g/mol. The van der Waals surface area contributed by atoms with Gasteiger partial charge in [0.2, 0.25) is 0 Å². The van der Waals surface area contributed by atoms with Gasteiger partial charge in [0.05, 0.1) is 31.7 Å². The van der Waals surface area contributed by atoms with Gasteiger partial charge in [0.15, 0.2) is 10.1 Å². The van der Waals surface area contributed by atoms with E-state index in [1.807, 2.05) is 0 Å². The number of rotatable bonds is 7. The highest BCUT2D eigenvalue weighted by Gasteiger charge is 2.88. The molecular weight excluding hydrogens is 685 g/mol. The van der Waals surface area contributed by atoms with Gasteiger partial charge in [0.25, 0.3) is 29.1 Å². The molecule has 218 valence electrons. The first-order valence-electron chi connectivity index (χ1n) is 11.6. The third kappa shape index (κ3) is 3.82. The first-order valence-corrected chi connectivity index (χ1v) is 13.8. The van der Waals surface area contributed by atoms with Crippen LogP contribution in [0.5, 0.6) is 0 Å². The van der Waals surface area contributed by atoms with Crippen LogP contribution in [0.15, 0.2) is 58.6 Å². The maximum atomic E-state index is 13.9. The van der Waals surface area contributed by atoms with Crippen molar-refractivity contribution in [1.29, 1.82) is 0 Å². The molecule has 3 aliphatic rings. The maximum Gasteiger partial charge on any atom is 0.282 e. The van der Waals surface area contributed by atoms with Crippen LogP contribution in [0.3, 0.4) is 0 Å². The third-order valence-electron chi connectivity index (χ3n) is 7.39. The van der Waals surface area contributed by atoms with Crippen molar-refractivity contribution in [3.63, 3.8) is 0 Å². The number of non-ortho nitro benzene ring substituents is 1. The van der Waals surface area contributed by atoms with Crippen LogP contribution in [0.2, 0.25) is 0 Å². The van der Waals surface area contributed by atoms with E-state index in [1.165, 1.54) is 12.1 Å². The molecule has 2 aromatic rings. The molecule has 3 amide bonds. The van der Waals surface area contributed by atoms with Gasteiger partial charge in [-0.2, -0.15) is 5.01 Å². The summed E-state index contributed by atoms with van der Waals surface area (Å²) < 4.78 is -2.27. The van der Waals surface area contributed by atoms with Crippen molar-refractivity contribution in [2.45, 2.75) is 14.1 Å². The second-order valence-electron chi connectivity index (χ2n) is 9.43. The van der Waals surface area contributed by atoms with Crippen LogP contribution in [0.4, 0.5) is 11.4 Å². The van der Waals surface area contributed by atoms with Crippen LogP contribution in [0.25, 0.3) is 0 Å². The molecule has 0 N–H and O–H groups in total. The topological polar surface area (TPSA) is 161 Å². The number of carbonyl (C=O) groups is 4. The van der Waals surface area contributed by atoms with Crippen molar-refractivity contribution in [2.24, 2.45) is 11.8 Å². The lowest BCUT2D eigenvalue weighted by molar-refractivity contribution is -0.385. The minimum absolute atomic E-state index is 0.142. The molecule has 1 saturated carbocycles. The third-order valence-corrected chi connectivity index (χ3v) is 11.6. The Kier molecular flexibility index (Phi) is 7.28. The van der Waals surface area contributed by atoms with Gasteiger partial charge in [-0.05, 0) is 18.2 Å². The number of nitro groups is 2. The molecule has 2 fully saturated rings. The second-order valence-corrected chi connectivity index (χ2v) is 12.7. The van der Waals surface area contributed by atoms with E-state index in [4.69, 9.17) is 69.6 Å². The zero-order chi connectivity index (χ0) is 31.1. The largest absolute Gasteiger partial charge is 0.292 e. The molecule has 0 radical (unpaired) electrons. The molecule has 1 saturated heterocycles. The second kappa shape index (κ2) is 10.0. The lowest BCUT2D eigenvalue weighted by Crippen LogP contribution is -2.56. The first-order chi connectivity index (χ1) is 19.5. The molecule has 0 unspecified atom stereocenters. The predicted molar refractivity (Wildman–Crippen MR) is 151 cm³/mol. The number of allylic oxidation sites excluding steroid dienone is 2. The van der Waals surface area contributed by atoms with Crippen molar-refractivity contribution in [2.75, 3.05) is 6.54 Å². The summed E-state index contributed by atoms with van der Waals surface area (Å²) in [6.07, 6.45) is 0. The number of ketones is 1. The molecule has 2 aliphatic carbocycles. The Morgan fingerprint density at radius 1 is 0.833 bits per heavy atom. The fourth-order valence-corrected chi connectivity index (χ4v) is 8.33. The van der Waals surface area contributed by atoms with Gasteiger partial charge in [0.1, 0.15) is 21.9 Å². The normalized spacial score (nSPS) is 27.3. The van der Waals surface area contributed by atoms with Gasteiger partial charge in [-0.1, -0.05) is 58.5 Å². The Labute approximate surface area is 264 Å².